The van der Waals surface area contributed by atoms with Gasteiger partial charge < -0.3 is 14.8 Å². The number of aryl methyl sites for hydroxylation is 1. The molecule has 0 unspecified atom stereocenters. The number of amides is 1. The Morgan fingerprint density at radius 3 is 2.52 bits per heavy atom. The molecule has 0 saturated carbocycles. The van der Waals surface area contributed by atoms with E-state index in [1.807, 2.05) is 32.0 Å². The number of carbonyl (C=O) groups is 1. The van der Waals surface area contributed by atoms with Crippen molar-refractivity contribution in [3.63, 3.8) is 0 Å². The van der Waals surface area contributed by atoms with E-state index in [4.69, 9.17) is 9.47 Å². The van der Waals surface area contributed by atoms with E-state index in [9.17, 15) is 10.1 Å². The summed E-state index contributed by atoms with van der Waals surface area (Å²) in [5.74, 6) is 0.704. The van der Waals surface area contributed by atoms with Gasteiger partial charge in [-0.15, -0.1) is 0 Å². The molecular weight excluding hydrogens is 316 g/mol. The van der Waals surface area contributed by atoms with Crippen LogP contribution in [-0.2, 0) is 4.79 Å². The first-order valence-electron chi connectivity index (χ1n) is 7.88. The number of hydrogen-bond acceptors (Lipinski definition) is 4. The lowest BCUT2D eigenvalue weighted by molar-refractivity contribution is -0.112. The first-order valence-corrected chi connectivity index (χ1v) is 7.88. The molecule has 0 aliphatic rings. The lowest BCUT2D eigenvalue weighted by atomic mass is 10.1. The molecule has 0 bridgehead atoms. The molecule has 5 heteroatoms. The number of benzene rings is 2. The highest BCUT2D eigenvalue weighted by Crippen LogP contribution is 2.29. The second kappa shape index (κ2) is 8.55. The number of ether oxygens (including phenoxy) is 2. The molecule has 0 atom stereocenters. The molecule has 0 aliphatic heterocycles. The summed E-state index contributed by atoms with van der Waals surface area (Å²) >= 11 is 0. The van der Waals surface area contributed by atoms with Crippen LogP contribution >= 0.6 is 0 Å². The topological polar surface area (TPSA) is 71.3 Å². The average molecular weight is 336 g/mol. The SMILES string of the molecule is CCOc1ccc(/C=C(\C#N)C(=O)Nc2ccc(C)cc2)cc1OC. The Labute approximate surface area is 147 Å². The van der Waals surface area contributed by atoms with Gasteiger partial charge in [-0.2, -0.15) is 5.26 Å². The second-order valence-corrected chi connectivity index (χ2v) is 5.33. The molecule has 0 heterocycles. The summed E-state index contributed by atoms with van der Waals surface area (Å²) in [7, 11) is 1.54. The average Bonchev–Trinajstić information content (AvgIpc) is 2.62. The van der Waals surface area contributed by atoms with Crippen molar-refractivity contribution in [3.05, 3.63) is 59.2 Å². The molecule has 0 aliphatic carbocycles. The van der Waals surface area contributed by atoms with Crippen LogP contribution in [0.3, 0.4) is 0 Å². The summed E-state index contributed by atoms with van der Waals surface area (Å²) in [4.78, 5) is 12.3. The fraction of sp³-hybridized carbons (Fsp3) is 0.200. The Bertz CT molecular complexity index is 818. The van der Waals surface area contributed by atoms with E-state index in [2.05, 4.69) is 5.32 Å². The summed E-state index contributed by atoms with van der Waals surface area (Å²) in [6.45, 7) is 4.37. The third kappa shape index (κ3) is 4.85. The maximum absolute atomic E-state index is 12.3. The molecule has 0 fully saturated rings. The fourth-order valence-corrected chi connectivity index (χ4v) is 2.20. The molecule has 1 N–H and O–H groups in total. The van der Waals surface area contributed by atoms with Crippen LogP contribution in [0.5, 0.6) is 11.5 Å². The smallest absolute Gasteiger partial charge is 0.266 e. The normalized spacial score (nSPS) is 10.7. The van der Waals surface area contributed by atoms with E-state index in [1.165, 1.54) is 6.08 Å². The minimum absolute atomic E-state index is 0.00629. The van der Waals surface area contributed by atoms with E-state index in [1.54, 1.807) is 37.4 Å². The number of rotatable bonds is 6. The standard InChI is InChI=1S/C20H20N2O3/c1-4-25-18-10-7-15(12-19(18)24-3)11-16(13-21)20(23)22-17-8-5-14(2)6-9-17/h5-12H,4H2,1-3H3,(H,22,23)/b16-11+. The number of anilines is 1. The molecule has 2 aromatic rings. The molecular formula is C20H20N2O3. The van der Waals surface area contributed by atoms with Crippen LogP contribution in [-0.4, -0.2) is 19.6 Å². The zero-order chi connectivity index (χ0) is 18.2. The van der Waals surface area contributed by atoms with Gasteiger partial charge in [-0.1, -0.05) is 23.8 Å². The van der Waals surface area contributed by atoms with Gasteiger partial charge in [0, 0.05) is 5.69 Å². The van der Waals surface area contributed by atoms with E-state index >= 15 is 0 Å². The third-order valence-corrected chi connectivity index (χ3v) is 3.47. The van der Waals surface area contributed by atoms with Crippen molar-refractivity contribution in [2.75, 3.05) is 19.0 Å². The molecule has 0 radical (unpaired) electrons. The number of nitrogens with zero attached hydrogens (tertiary/aromatic N) is 1. The molecule has 128 valence electrons. The number of nitrogens with one attached hydrogen (secondary N) is 1. The van der Waals surface area contributed by atoms with E-state index in [0.29, 0.717) is 29.4 Å². The van der Waals surface area contributed by atoms with Crippen molar-refractivity contribution in [2.45, 2.75) is 13.8 Å². The van der Waals surface area contributed by atoms with Gasteiger partial charge in [0.1, 0.15) is 11.6 Å². The van der Waals surface area contributed by atoms with E-state index < -0.39 is 5.91 Å². The van der Waals surface area contributed by atoms with Crippen molar-refractivity contribution in [1.82, 2.24) is 0 Å². The van der Waals surface area contributed by atoms with Gasteiger partial charge in [0.05, 0.1) is 13.7 Å². The summed E-state index contributed by atoms with van der Waals surface area (Å²) in [5, 5.41) is 12.0. The zero-order valence-corrected chi connectivity index (χ0v) is 14.5. The highest BCUT2D eigenvalue weighted by Gasteiger charge is 2.11. The Morgan fingerprint density at radius 1 is 1.20 bits per heavy atom. The third-order valence-electron chi connectivity index (χ3n) is 3.47. The van der Waals surface area contributed by atoms with E-state index in [0.717, 1.165) is 5.56 Å². The predicted molar refractivity (Wildman–Crippen MR) is 97.6 cm³/mol. The van der Waals surface area contributed by atoms with Crippen LogP contribution in [0.2, 0.25) is 0 Å². The maximum Gasteiger partial charge on any atom is 0.266 e. The summed E-state index contributed by atoms with van der Waals surface area (Å²) in [5.41, 5.74) is 2.42. The molecule has 0 saturated heterocycles. The van der Waals surface area contributed by atoms with E-state index in [-0.39, 0.29) is 5.57 Å². The van der Waals surface area contributed by atoms with Gasteiger partial charge in [0.2, 0.25) is 0 Å². The Balaban J connectivity index is 2.22. The van der Waals surface area contributed by atoms with Gasteiger partial charge in [-0.3, -0.25) is 4.79 Å². The van der Waals surface area contributed by atoms with Crippen molar-refractivity contribution in [3.8, 4) is 17.6 Å². The Hall–Kier alpha value is -3.26. The van der Waals surface area contributed by atoms with Crippen LogP contribution in [0, 0.1) is 18.3 Å². The second-order valence-electron chi connectivity index (χ2n) is 5.33. The summed E-state index contributed by atoms with van der Waals surface area (Å²) in [6.07, 6.45) is 1.52. The predicted octanol–water partition coefficient (Wildman–Crippen LogP) is 3.95. The monoisotopic (exact) mass is 336 g/mol. The molecule has 2 aromatic carbocycles. The lowest BCUT2D eigenvalue weighted by Gasteiger charge is -2.10. The highest BCUT2D eigenvalue weighted by molar-refractivity contribution is 6.09. The van der Waals surface area contributed by atoms with Crippen LogP contribution in [0.25, 0.3) is 6.08 Å². The van der Waals surface area contributed by atoms with Crippen molar-refractivity contribution >= 4 is 17.7 Å². The van der Waals surface area contributed by atoms with Crippen LogP contribution < -0.4 is 14.8 Å². The first kappa shape index (κ1) is 18.1. The van der Waals surface area contributed by atoms with Gasteiger partial charge >= 0.3 is 0 Å². The quantitative estimate of drug-likeness (QED) is 0.640. The number of methoxy groups -OCH3 is 1. The number of hydrogen-bond donors (Lipinski definition) is 1. The van der Waals surface area contributed by atoms with Crippen LogP contribution in [0.15, 0.2) is 48.0 Å². The van der Waals surface area contributed by atoms with Crippen molar-refractivity contribution in [2.24, 2.45) is 0 Å². The van der Waals surface area contributed by atoms with Crippen LogP contribution in [0.4, 0.5) is 5.69 Å². The summed E-state index contributed by atoms with van der Waals surface area (Å²) in [6, 6.07) is 14.5. The molecule has 2 rings (SSSR count). The largest absolute Gasteiger partial charge is 0.493 e. The van der Waals surface area contributed by atoms with Gasteiger partial charge in [0.15, 0.2) is 11.5 Å². The fourth-order valence-electron chi connectivity index (χ4n) is 2.20. The molecule has 25 heavy (non-hydrogen) atoms. The van der Waals surface area contributed by atoms with Gasteiger partial charge in [-0.25, -0.2) is 0 Å². The molecule has 1 amide bonds. The Kier molecular flexibility index (Phi) is 6.19. The number of carbonyl (C=O) groups excluding carboxylic acids is 1. The Morgan fingerprint density at radius 2 is 1.92 bits per heavy atom. The number of nitriles is 1. The minimum Gasteiger partial charge on any atom is -0.493 e. The summed E-state index contributed by atoms with van der Waals surface area (Å²) < 4.78 is 10.7. The van der Waals surface area contributed by atoms with Gasteiger partial charge in [-0.05, 0) is 49.8 Å². The highest BCUT2D eigenvalue weighted by atomic mass is 16.5. The zero-order valence-electron chi connectivity index (χ0n) is 14.5. The van der Waals surface area contributed by atoms with Crippen molar-refractivity contribution in [1.29, 1.82) is 5.26 Å². The van der Waals surface area contributed by atoms with Crippen LogP contribution in [0.1, 0.15) is 18.1 Å². The molecule has 5 nitrogen and oxygen atoms in total. The lowest BCUT2D eigenvalue weighted by Crippen LogP contribution is -2.13. The molecule has 0 aromatic heterocycles. The minimum atomic E-state index is -0.459. The van der Waals surface area contributed by atoms with Gasteiger partial charge in [0.25, 0.3) is 5.91 Å². The maximum atomic E-state index is 12.3. The first-order chi connectivity index (χ1) is 12.1. The molecule has 0 spiro atoms. The van der Waals surface area contributed by atoms with Crippen molar-refractivity contribution < 1.29 is 14.3 Å².